The van der Waals surface area contributed by atoms with Crippen molar-refractivity contribution in [2.45, 2.75) is 26.3 Å². The van der Waals surface area contributed by atoms with Crippen LogP contribution in [0, 0.1) is 0 Å². The highest BCUT2D eigenvalue weighted by Gasteiger charge is 2.28. The van der Waals surface area contributed by atoms with Gasteiger partial charge in [-0.3, -0.25) is 4.79 Å². The number of benzene rings is 1. The zero-order valence-electron chi connectivity index (χ0n) is 10.5. The summed E-state index contributed by atoms with van der Waals surface area (Å²) in [4.78, 5) is 24.2. The van der Waals surface area contributed by atoms with Gasteiger partial charge in [-0.15, -0.1) is 0 Å². The van der Waals surface area contributed by atoms with E-state index in [1.54, 1.807) is 0 Å². The van der Waals surface area contributed by atoms with Crippen molar-refractivity contribution in [1.82, 2.24) is 4.90 Å². The molecule has 1 aromatic rings. The molecule has 2 N–H and O–H groups in total. The quantitative estimate of drug-likeness (QED) is 0.836. The van der Waals surface area contributed by atoms with E-state index < -0.39 is 12.0 Å². The first kappa shape index (κ1) is 14.0. The van der Waals surface area contributed by atoms with E-state index in [1.807, 2.05) is 6.92 Å². The number of phenolic OH excluding ortho intramolecular Hbond substituents is 1. The summed E-state index contributed by atoms with van der Waals surface area (Å²) in [5.74, 6) is -1.30. The molecule has 0 heterocycles. The van der Waals surface area contributed by atoms with Crippen LogP contribution in [0.4, 0.5) is 0 Å². The molecule has 18 heavy (non-hydrogen) atoms. The number of carbonyl (C=O) groups is 2. The van der Waals surface area contributed by atoms with E-state index in [0.29, 0.717) is 18.5 Å². The minimum Gasteiger partial charge on any atom is -0.508 e. The molecule has 0 radical (unpaired) electrons. The van der Waals surface area contributed by atoms with Crippen molar-refractivity contribution in [3.05, 3.63) is 29.8 Å². The Morgan fingerprint density at radius 3 is 2.22 bits per heavy atom. The molecular weight excluding hydrogens is 234 g/mol. The molecule has 5 heteroatoms. The first-order valence-corrected chi connectivity index (χ1v) is 5.76. The van der Waals surface area contributed by atoms with E-state index in [-0.39, 0.29) is 11.7 Å². The van der Waals surface area contributed by atoms with E-state index in [1.165, 1.54) is 36.1 Å². The highest BCUT2D eigenvalue weighted by atomic mass is 16.4. The Morgan fingerprint density at radius 2 is 1.83 bits per heavy atom. The number of hydrogen-bond donors (Lipinski definition) is 2. The van der Waals surface area contributed by atoms with Crippen LogP contribution in [0.3, 0.4) is 0 Å². The van der Waals surface area contributed by atoms with Crippen LogP contribution in [0.15, 0.2) is 24.3 Å². The largest absolute Gasteiger partial charge is 0.508 e. The number of carboxylic acids is 1. The fourth-order valence-corrected chi connectivity index (χ4v) is 1.82. The monoisotopic (exact) mass is 251 g/mol. The van der Waals surface area contributed by atoms with Crippen LogP contribution in [-0.2, 0) is 9.59 Å². The summed E-state index contributed by atoms with van der Waals surface area (Å²) < 4.78 is 0. The summed E-state index contributed by atoms with van der Waals surface area (Å²) >= 11 is 0. The van der Waals surface area contributed by atoms with Crippen molar-refractivity contribution in [2.24, 2.45) is 0 Å². The number of nitrogens with zero attached hydrogens (tertiary/aromatic N) is 1. The second-order valence-corrected chi connectivity index (χ2v) is 4.04. The predicted molar refractivity (Wildman–Crippen MR) is 66.2 cm³/mol. The fraction of sp³-hybridized carbons (Fsp3) is 0.385. The predicted octanol–water partition coefficient (Wildman–Crippen LogP) is 1.78. The Kier molecular flexibility index (Phi) is 4.71. The van der Waals surface area contributed by atoms with Crippen LogP contribution in [0.5, 0.6) is 5.75 Å². The number of carboxylic acid groups (broad SMARTS) is 1. The first-order valence-electron chi connectivity index (χ1n) is 5.76. The second-order valence-electron chi connectivity index (χ2n) is 4.04. The molecule has 0 saturated heterocycles. The van der Waals surface area contributed by atoms with Crippen LogP contribution in [0.2, 0.25) is 0 Å². The lowest BCUT2D eigenvalue weighted by Gasteiger charge is -2.27. The Balaban J connectivity index is 3.11. The number of rotatable bonds is 5. The van der Waals surface area contributed by atoms with Gasteiger partial charge in [0.15, 0.2) is 6.04 Å². The SMILES string of the molecule is CCCN(C(C)=O)C(C(=O)O)c1ccc(O)cc1. The van der Waals surface area contributed by atoms with Crippen molar-refractivity contribution in [3.63, 3.8) is 0 Å². The highest BCUT2D eigenvalue weighted by Crippen LogP contribution is 2.23. The van der Waals surface area contributed by atoms with Crippen LogP contribution < -0.4 is 0 Å². The van der Waals surface area contributed by atoms with Gasteiger partial charge < -0.3 is 15.1 Å². The second kappa shape index (κ2) is 6.05. The van der Waals surface area contributed by atoms with Gasteiger partial charge in [0, 0.05) is 13.5 Å². The molecule has 5 nitrogen and oxygen atoms in total. The lowest BCUT2D eigenvalue weighted by molar-refractivity contribution is -0.149. The smallest absolute Gasteiger partial charge is 0.331 e. The van der Waals surface area contributed by atoms with Gasteiger partial charge in [-0.2, -0.15) is 0 Å². The zero-order chi connectivity index (χ0) is 13.7. The Morgan fingerprint density at radius 1 is 1.28 bits per heavy atom. The maximum atomic E-state index is 11.5. The average molecular weight is 251 g/mol. The Bertz CT molecular complexity index is 427. The molecule has 0 bridgehead atoms. The summed E-state index contributed by atoms with van der Waals surface area (Å²) in [5, 5.41) is 18.5. The fourth-order valence-electron chi connectivity index (χ4n) is 1.82. The lowest BCUT2D eigenvalue weighted by Crippen LogP contribution is -2.38. The average Bonchev–Trinajstić information content (AvgIpc) is 2.30. The van der Waals surface area contributed by atoms with E-state index in [4.69, 9.17) is 0 Å². The maximum absolute atomic E-state index is 11.5. The molecule has 0 aromatic heterocycles. The third kappa shape index (κ3) is 3.23. The summed E-state index contributed by atoms with van der Waals surface area (Å²) in [6.45, 7) is 3.62. The van der Waals surface area contributed by atoms with Gasteiger partial charge in [0.1, 0.15) is 5.75 Å². The number of amides is 1. The van der Waals surface area contributed by atoms with Gasteiger partial charge in [0.05, 0.1) is 0 Å². The third-order valence-corrected chi connectivity index (χ3v) is 2.62. The number of aromatic hydroxyl groups is 1. The van der Waals surface area contributed by atoms with Gasteiger partial charge in [-0.05, 0) is 24.1 Å². The minimum atomic E-state index is -1.08. The van der Waals surface area contributed by atoms with Crippen molar-refractivity contribution in [1.29, 1.82) is 0 Å². The maximum Gasteiger partial charge on any atom is 0.331 e. The molecule has 1 atom stereocenters. The van der Waals surface area contributed by atoms with Crippen LogP contribution in [-0.4, -0.2) is 33.5 Å². The lowest BCUT2D eigenvalue weighted by atomic mass is 10.0. The number of phenols is 1. The number of carbonyl (C=O) groups excluding carboxylic acids is 1. The van der Waals surface area contributed by atoms with Crippen LogP contribution in [0.1, 0.15) is 31.9 Å². The summed E-state index contributed by atoms with van der Waals surface area (Å²) in [5.41, 5.74) is 0.476. The molecule has 0 saturated carbocycles. The molecule has 1 unspecified atom stereocenters. The summed E-state index contributed by atoms with van der Waals surface area (Å²) in [6, 6.07) is 4.84. The zero-order valence-corrected chi connectivity index (χ0v) is 10.5. The standard InChI is InChI=1S/C13H17NO4/c1-3-8-14(9(2)15)12(13(17)18)10-4-6-11(16)7-5-10/h4-7,12,16H,3,8H2,1-2H3,(H,17,18). The molecule has 0 spiro atoms. The topological polar surface area (TPSA) is 77.8 Å². The highest BCUT2D eigenvalue weighted by molar-refractivity contribution is 5.83. The Labute approximate surface area is 106 Å². The van der Waals surface area contributed by atoms with Crippen molar-refractivity contribution in [3.8, 4) is 5.75 Å². The molecule has 1 rings (SSSR count). The van der Waals surface area contributed by atoms with E-state index in [0.717, 1.165) is 0 Å². The van der Waals surface area contributed by atoms with E-state index >= 15 is 0 Å². The van der Waals surface area contributed by atoms with Gasteiger partial charge in [-0.25, -0.2) is 4.79 Å². The van der Waals surface area contributed by atoms with Gasteiger partial charge in [0.25, 0.3) is 0 Å². The number of aliphatic carboxylic acids is 1. The normalized spacial score (nSPS) is 11.9. The molecule has 0 aliphatic rings. The van der Waals surface area contributed by atoms with Crippen LogP contribution >= 0.6 is 0 Å². The molecular formula is C13H17NO4. The first-order chi connectivity index (χ1) is 8.47. The van der Waals surface area contributed by atoms with E-state index in [2.05, 4.69) is 0 Å². The van der Waals surface area contributed by atoms with Crippen molar-refractivity contribution in [2.75, 3.05) is 6.54 Å². The molecule has 0 aliphatic heterocycles. The molecule has 1 aromatic carbocycles. The van der Waals surface area contributed by atoms with Gasteiger partial charge in [0.2, 0.25) is 5.91 Å². The molecule has 0 aliphatic carbocycles. The molecule has 1 amide bonds. The van der Waals surface area contributed by atoms with Crippen LogP contribution in [0.25, 0.3) is 0 Å². The van der Waals surface area contributed by atoms with Crippen molar-refractivity contribution >= 4 is 11.9 Å². The van der Waals surface area contributed by atoms with Crippen molar-refractivity contribution < 1.29 is 19.8 Å². The van der Waals surface area contributed by atoms with E-state index in [9.17, 15) is 19.8 Å². The minimum absolute atomic E-state index is 0.0627. The molecule has 98 valence electrons. The molecule has 0 fully saturated rings. The Hall–Kier alpha value is -2.04. The van der Waals surface area contributed by atoms with Gasteiger partial charge >= 0.3 is 5.97 Å². The summed E-state index contributed by atoms with van der Waals surface area (Å²) in [6.07, 6.45) is 0.682. The third-order valence-electron chi connectivity index (χ3n) is 2.62. The number of hydrogen-bond acceptors (Lipinski definition) is 3. The van der Waals surface area contributed by atoms with Gasteiger partial charge in [-0.1, -0.05) is 19.1 Å². The summed E-state index contributed by atoms with van der Waals surface area (Å²) in [7, 11) is 0.